The number of hydrogen-bond acceptors (Lipinski definition) is 4. The minimum atomic E-state index is -4.39. The highest BCUT2D eigenvalue weighted by Crippen LogP contribution is 2.33. The third kappa shape index (κ3) is 8.61. The standard InChI is InChI=1S/C29H31F3N2O4/c1-28(2,3)16-14-25(38-23-11-6-20(7-12-23)27(37)33-17-15-26(35)36)21-8-13-24(34-18-21)19-4-9-22(10-5-19)29(30,31)32/h4-13,18,25H,14-17H2,1-3H3,(H,33,37)(H,35,36). The lowest BCUT2D eigenvalue weighted by Gasteiger charge is -2.24. The number of carbonyl (C=O) groups excluding carboxylic acids is 1. The summed E-state index contributed by atoms with van der Waals surface area (Å²) in [6.07, 6.45) is -1.65. The second-order valence-electron chi connectivity index (χ2n) is 10.2. The Labute approximate surface area is 219 Å². The molecule has 0 spiro atoms. The van der Waals surface area contributed by atoms with Crippen LogP contribution in [0.5, 0.6) is 5.75 Å². The minimum absolute atomic E-state index is 0.0385. The lowest BCUT2D eigenvalue weighted by molar-refractivity contribution is -0.138. The van der Waals surface area contributed by atoms with Gasteiger partial charge < -0.3 is 15.2 Å². The maximum absolute atomic E-state index is 12.9. The number of nitrogens with zero attached hydrogens (tertiary/aromatic N) is 1. The number of alkyl halides is 3. The molecule has 0 radical (unpaired) electrons. The number of carboxylic acids is 1. The van der Waals surface area contributed by atoms with Gasteiger partial charge in [0, 0.05) is 29.4 Å². The Bertz CT molecular complexity index is 1220. The number of carbonyl (C=O) groups is 2. The maximum atomic E-state index is 12.9. The molecule has 6 nitrogen and oxygen atoms in total. The average molecular weight is 529 g/mol. The van der Waals surface area contributed by atoms with E-state index < -0.39 is 17.7 Å². The normalized spacial score (nSPS) is 12.6. The van der Waals surface area contributed by atoms with Crippen molar-refractivity contribution >= 4 is 11.9 Å². The first-order valence-corrected chi connectivity index (χ1v) is 12.2. The van der Waals surface area contributed by atoms with Crippen LogP contribution in [0.1, 0.15) is 67.6 Å². The largest absolute Gasteiger partial charge is 0.486 e. The van der Waals surface area contributed by atoms with E-state index in [0.717, 1.165) is 24.1 Å². The van der Waals surface area contributed by atoms with Crippen molar-refractivity contribution in [1.82, 2.24) is 10.3 Å². The van der Waals surface area contributed by atoms with Crippen LogP contribution in [0.25, 0.3) is 11.3 Å². The van der Waals surface area contributed by atoms with Crippen LogP contribution >= 0.6 is 0 Å². The molecule has 2 N–H and O–H groups in total. The van der Waals surface area contributed by atoms with Crippen molar-refractivity contribution < 1.29 is 32.6 Å². The van der Waals surface area contributed by atoms with Gasteiger partial charge in [-0.25, -0.2) is 0 Å². The first-order valence-electron chi connectivity index (χ1n) is 12.2. The summed E-state index contributed by atoms with van der Waals surface area (Å²) < 4.78 is 44.9. The molecule has 0 saturated carbocycles. The Balaban J connectivity index is 1.74. The van der Waals surface area contributed by atoms with Gasteiger partial charge >= 0.3 is 12.1 Å². The van der Waals surface area contributed by atoms with E-state index in [0.29, 0.717) is 29.0 Å². The van der Waals surface area contributed by atoms with E-state index in [-0.39, 0.29) is 30.4 Å². The minimum Gasteiger partial charge on any atom is -0.486 e. The molecule has 0 aliphatic heterocycles. The van der Waals surface area contributed by atoms with Crippen molar-refractivity contribution in [3.63, 3.8) is 0 Å². The van der Waals surface area contributed by atoms with Crippen molar-refractivity contribution in [3.05, 3.63) is 83.6 Å². The fourth-order valence-electron chi connectivity index (χ4n) is 3.69. The van der Waals surface area contributed by atoms with Gasteiger partial charge in [0.1, 0.15) is 11.9 Å². The number of rotatable bonds is 10. The first-order chi connectivity index (χ1) is 17.8. The maximum Gasteiger partial charge on any atom is 0.416 e. The van der Waals surface area contributed by atoms with Crippen molar-refractivity contribution in [2.75, 3.05) is 6.54 Å². The Morgan fingerprint density at radius 2 is 1.63 bits per heavy atom. The van der Waals surface area contributed by atoms with Gasteiger partial charge in [0.2, 0.25) is 0 Å². The molecule has 0 saturated heterocycles. The first kappa shape index (κ1) is 28.7. The van der Waals surface area contributed by atoms with Crippen LogP contribution in [0.2, 0.25) is 0 Å². The average Bonchev–Trinajstić information content (AvgIpc) is 2.86. The molecule has 3 aromatic rings. The summed E-state index contributed by atoms with van der Waals surface area (Å²) in [5, 5.41) is 11.3. The van der Waals surface area contributed by atoms with Crippen molar-refractivity contribution in [2.24, 2.45) is 5.41 Å². The Morgan fingerprint density at radius 1 is 0.974 bits per heavy atom. The molecule has 1 heterocycles. The van der Waals surface area contributed by atoms with E-state index in [1.807, 2.05) is 6.07 Å². The lowest BCUT2D eigenvalue weighted by atomic mass is 9.88. The lowest BCUT2D eigenvalue weighted by Crippen LogP contribution is -2.25. The second kappa shape index (κ2) is 12.1. The van der Waals surface area contributed by atoms with Gasteiger partial charge in [-0.05, 0) is 60.7 Å². The van der Waals surface area contributed by atoms with Crippen LogP contribution in [-0.4, -0.2) is 28.5 Å². The molecule has 2 aromatic carbocycles. The molecule has 1 aromatic heterocycles. The summed E-state index contributed by atoms with van der Waals surface area (Å²) in [5.74, 6) is -0.805. The molecule has 0 aliphatic carbocycles. The summed E-state index contributed by atoms with van der Waals surface area (Å²) in [6.45, 7) is 6.44. The number of hydrogen-bond donors (Lipinski definition) is 2. The molecule has 202 valence electrons. The van der Waals surface area contributed by atoms with Crippen LogP contribution in [-0.2, 0) is 11.0 Å². The van der Waals surface area contributed by atoms with Crippen LogP contribution < -0.4 is 10.1 Å². The van der Waals surface area contributed by atoms with E-state index in [1.54, 1.807) is 36.5 Å². The number of pyridine rings is 1. The van der Waals surface area contributed by atoms with Gasteiger partial charge in [-0.3, -0.25) is 14.6 Å². The summed E-state index contributed by atoms with van der Waals surface area (Å²) in [4.78, 5) is 27.3. The molecule has 0 aliphatic rings. The number of aromatic nitrogens is 1. The third-order valence-electron chi connectivity index (χ3n) is 5.84. The number of nitrogens with one attached hydrogen (secondary N) is 1. The van der Waals surface area contributed by atoms with E-state index in [1.165, 1.54) is 12.1 Å². The van der Waals surface area contributed by atoms with Crippen LogP contribution in [0, 0.1) is 5.41 Å². The molecule has 0 bridgehead atoms. The molecule has 1 amide bonds. The zero-order chi connectivity index (χ0) is 27.9. The summed E-state index contributed by atoms with van der Waals surface area (Å²) >= 11 is 0. The fourth-order valence-corrected chi connectivity index (χ4v) is 3.69. The van der Waals surface area contributed by atoms with Gasteiger partial charge in [-0.15, -0.1) is 0 Å². The number of carboxylic acid groups (broad SMARTS) is 1. The molecule has 0 fully saturated rings. The monoisotopic (exact) mass is 528 g/mol. The number of halogens is 3. The van der Waals surface area contributed by atoms with E-state index in [9.17, 15) is 22.8 Å². The van der Waals surface area contributed by atoms with E-state index >= 15 is 0 Å². The highest BCUT2D eigenvalue weighted by atomic mass is 19.4. The number of aliphatic carboxylic acids is 1. The smallest absolute Gasteiger partial charge is 0.416 e. The van der Waals surface area contributed by atoms with Gasteiger partial charge in [-0.2, -0.15) is 13.2 Å². The highest BCUT2D eigenvalue weighted by molar-refractivity contribution is 5.94. The molecule has 38 heavy (non-hydrogen) atoms. The molecule has 1 unspecified atom stereocenters. The van der Waals surface area contributed by atoms with Crippen LogP contribution in [0.15, 0.2) is 66.9 Å². The van der Waals surface area contributed by atoms with Crippen LogP contribution in [0.3, 0.4) is 0 Å². The van der Waals surface area contributed by atoms with Gasteiger partial charge in [0.15, 0.2) is 0 Å². The number of benzene rings is 2. The Hall–Kier alpha value is -3.88. The van der Waals surface area contributed by atoms with Crippen molar-refractivity contribution in [2.45, 2.75) is 52.3 Å². The number of ether oxygens (including phenoxy) is 1. The predicted octanol–water partition coefficient (Wildman–Crippen LogP) is 6.92. The molecule has 1 atom stereocenters. The van der Waals surface area contributed by atoms with E-state index in [4.69, 9.17) is 9.84 Å². The number of amides is 1. The molecule has 3 rings (SSSR count). The molecular formula is C29H31F3N2O4. The fraction of sp³-hybridized carbons (Fsp3) is 0.345. The van der Waals surface area contributed by atoms with Gasteiger partial charge in [-0.1, -0.05) is 39.0 Å². The Morgan fingerprint density at radius 3 is 2.16 bits per heavy atom. The predicted molar refractivity (Wildman–Crippen MR) is 138 cm³/mol. The zero-order valence-electron chi connectivity index (χ0n) is 21.5. The van der Waals surface area contributed by atoms with Crippen molar-refractivity contribution in [3.8, 4) is 17.0 Å². The van der Waals surface area contributed by atoms with Crippen molar-refractivity contribution in [1.29, 1.82) is 0 Å². The second-order valence-corrected chi connectivity index (χ2v) is 10.2. The molecular weight excluding hydrogens is 497 g/mol. The quantitative estimate of drug-likeness (QED) is 0.298. The Kier molecular flexibility index (Phi) is 9.14. The topological polar surface area (TPSA) is 88.5 Å². The zero-order valence-corrected chi connectivity index (χ0v) is 21.5. The SMILES string of the molecule is CC(C)(C)CCC(Oc1ccc(C(=O)NCCC(=O)O)cc1)c1ccc(-c2ccc(C(F)(F)F)cc2)nc1. The summed E-state index contributed by atoms with van der Waals surface area (Å²) in [7, 11) is 0. The molecule has 9 heteroatoms. The summed E-state index contributed by atoms with van der Waals surface area (Å²) in [6, 6.07) is 15.1. The van der Waals surface area contributed by atoms with Gasteiger partial charge in [0.05, 0.1) is 17.7 Å². The third-order valence-corrected chi connectivity index (χ3v) is 5.84. The van der Waals surface area contributed by atoms with Crippen LogP contribution in [0.4, 0.5) is 13.2 Å². The van der Waals surface area contributed by atoms with E-state index in [2.05, 4.69) is 31.1 Å². The van der Waals surface area contributed by atoms with Gasteiger partial charge in [0.25, 0.3) is 5.91 Å². The highest BCUT2D eigenvalue weighted by Gasteiger charge is 2.30. The summed E-state index contributed by atoms with van der Waals surface area (Å²) in [5.41, 5.74) is 1.69.